The van der Waals surface area contributed by atoms with Gasteiger partial charge in [-0.1, -0.05) is 0 Å². The van der Waals surface area contributed by atoms with Gasteiger partial charge in [-0.2, -0.15) is 20.5 Å². The second kappa shape index (κ2) is 12.3. The highest BCUT2D eigenvalue weighted by atomic mass is 16.5. The second-order valence-corrected chi connectivity index (χ2v) is 8.18. The number of fused-ring (bicyclic) bond motifs is 1. The molecular formula is C28H26N6O4. The molecule has 0 unspecified atom stereocenters. The predicted molar refractivity (Wildman–Crippen MR) is 143 cm³/mol. The number of nitriles is 2. The fourth-order valence-corrected chi connectivity index (χ4v) is 3.79. The van der Waals surface area contributed by atoms with Gasteiger partial charge < -0.3 is 30.0 Å². The van der Waals surface area contributed by atoms with E-state index in [9.17, 15) is 5.26 Å². The molecule has 10 heteroatoms. The van der Waals surface area contributed by atoms with Gasteiger partial charge in [-0.15, -0.1) is 0 Å². The average Bonchev–Trinajstić information content (AvgIpc) is 2.95. The van der Waals surface area contributed by atoms with E-state index in [-0.39, 0.29) is 18.4 Å². The Balaban J connectivity index is 1.73. The van der Waals surface area contributed by atoms with E-state index >= 15 is 0 Å². The van der Waals surface area contributed by atoms with Crippen molar-refractivity contribution in [3.05, 3.63) is 65.7 Å². The molecule has 3 N–H and O–H groups in total. The van der Waals surface area contributed by atoms with E-state index in [1.165, 1.54) is 14.2 Å². The van der Waals surface area contributed by atoms with Crippen molar-refractivity contribution in [1.82, 2.24) is 9.97 Å². The summed E-state index contributed by atoms with van der Waals surface area (Å²) in [7, 11) is 3.05. The standard InChI is InChI=1S/C28H26N6O4/c1-36-23-14-20-13-19(17-30)7-10-22(20)26(37-2)27(23)38-25-15-24(31-11-3-4-12-35)33-28(34-25)32-21-8-5-18(16-29)6-9-21/h5-10,13-15,35H,3-4,11-12H2,1-2H3,(H2,31,32,33,34). The van der Waals surface area contributed by atoms with Gasteiger partial charge in [-0.05, 0) is 66.8 Å². The minimum atomic E-state index is 0.114. The average molecular weight is 511 g/mol. The second-order valence-electron chi connectivity index (χ2n) is 8.18. The number of hydrogen-bond acceptors (Lipinski definition) is 10. The predicted octanol–water partition coefficient (Wildman–Crippen LogP) is 5.11. The molecule has 0 aliphatic rings. The summed E-state index contributed by atoms with van der Waals surface area (Å²) >= 11 is 0. The molecule has 3 aromatic carbocycles. The highest BCUT2D eigenvalue weighted by molar-refractivity contribution is 5.94. The molecule has 0 fully saturated rings. The Morgan fingerprint density at radius 1 is 0.868 bits per heavy atom. The molecule has 0 saturated carbocycles. The molecule has 0 saturated heterocycles. The van der Waals surface area contributed by atoms with E-state index in [2.05, 4.69) is 32.7 Å². The Bertz CT molecular complexity index is 1510. The molecule has 0 spiro atoms. The van der Waals surface area contributed by atoms with Crippen LogP contribution < -0.4 is 24.8 Å². The first kappa shape index (κ1) is 26.0. The van der Waals surface area contributed by atoms with Crippen LogP contribution in [0.5, 0.6) is 23.1 Å². The molecule has 4 rings (SSSR count). The fourth-order valence-electron chi connectivity index (χ4n) is 3.79. The Morgan fingerprint density at radius 2 is 1.63 bits per heavy atom. The number of nitrogens with zero attached hydrogens (tertiary/aromatic N) is 4. The van der Waals surface area contributed by atoms with E-state index in [1.807, 2.05) is 0 Å². The number of unbranched alkanes of at least 4 members (excludes halogenated alkanes) is 1. The summed E-state index contributed by atoms with van der Waals surface area (Å²) in [6.45, 7) is 0.708. The van der Waals surface area contributed by atoms with Crippen LogP contribution in [0.4, 0.5) is 17.5 Å². The van der Waals surface area contributed by atoms with Crippen LogP contribution in [0.3, 0.4) is 0 Å². The van der Waals surface area contributed by atoms with Gasteiger partial charge in [-0.3, -0.25) is 0 Å². The number of hydrogen-bond donors (Lipinski definition) is 3. The lowest BCUT2D eigenvalue weighted by atomic mass is 10.1. The zero-order valence-electron chi connectivity index (χ0n) is 21.0. The largest absolute Gasteiger partial charge is 0.493 e. The van der Waals surface area contributed by atoms with Crippen LogP contribution in [0.1, 0.15) is 24.0 Å². The van der Waals surface area contributed by atoms with E-state index in [0.717, 1.165) is 17.2 Å². The van der Waals surface area contributed by atoms with Crippen molar-refractivity contribution < 1.29 is 19.3 Å². The van der Waals surface area contributed by atoms with E-state index in [1.54, 1.807) is 54.6 Å². The van der Waals surface area contributed by atoms with Crippen molar-refractivity contribution in [2.24, 2.45) is 0 Å². The van der Waals surface area contributed by atoms with Crippen LogP contribution >= 0.6 is 0 Å². The van der Waals surface area contributed by atoms with Crippen molar-refractivity contribution in [3.8, 4) is 35.3 Å². The molecule has 0 aliphatic heterocycles. The highest BCUT2D eigenvalue weighted by Crippen LogP contribution is 2.45. The fraction of sp³-hybridized carbons (Fsp3) is 0.214. The van der Waals surface area contributed by atoms with Crippen LogP contribution in [-0.2, 0) is 0 Å². The normalized spacial score (nSPS) is 10.3. The zero-order chi connectivity index (χ0) is 26.9. The number of aliphatic hydroxyl groups is 1. The third-order valence-electron chi connectivity index (χ3n) is 5.64. The quantitative estimate of drug-likeness (QED) is 0.233. The summed E-state index contributed by atoms with van der Waals surface area (Å²) in [5.74, 6) is 2.17. The Labute approximate surface area is 220 Å². The Morgan fingerprint density at radius 3 is 2.32 bits per heavy atom. The maximum absolute atomic E-state index is 9.28. The van der Waals surface area contributed by atoms with Gasteiger partial charge >= 0.3 is 0 Å². The van der Waals surface area contributed by atoms with Gasteiger partial charge in [0, 0.05) is 30.3 Å². The monoisotopic (exact) mass is 510 g/mol. The first-order valence-electron chi connectivity index (χ1n) is 11.9. The van der Waals surface area contributed by atoms with Crippen LogP contribution in [0.2, 0.25) is 0 Å². The van der Waals surface area contributed by atoms with Gasteiger partial charge in [0.25, 0.3) is 0 Å². The molecular weight excluding hydrogens is 484 g/mol. The SMILES string of the molecule is COc1cc2cc(C#N)ccc2c(OC)c1Oc1cc(NCCCCO)nc(Nc2ccc(C#N)cc2)n1. The van der Waals surface area contributed by atoms with E-state index < -0.39 is 0 Å². The number of anilines is 3. The van der Waals surface area contributed by atoms with E-state index in [0.29, 0.717) is 52.8 Å². The first-order valence-corrected chi connectivity index (χ1v) is 11.9. The number of methoxy groups -OCH3 is 2. The van der Waals surface area contributed by atoms with Gasteiger partial charge in [-0.25, -0.2) is 0 Å². The summed E-state index contributed by atoms with van der Waals surface area (Å²) in [4.78, 5) is 9.06. The lowest BCUT2D eigenvalue weighted by Crippen LogP contribution is -2.07. The van der Waals surface area contributed by atoms with Gasteiger partial charge in [0.15, 0.2) is 11.5 Å². The van der Waals surface area contributed by atoms with Crippen molar-refractivity contribution in [1.29, 1.82) is 10.5 Å². The summed E-state index contributed by atoms with van der Waals surface area (Å²) in [5.41, 5.74) is 1.75. The maximum atomic E-state index is 9.28. The smallest absolute Gasteiger partial charge is 0.232 e. The number of aliphatic hydroxyl groups excluding tert-OH is 1. The molecule has 0 aliphatic carbocycles. The lowest BCUT2D eigenvalue weighted by molar-refractivity contribution is 0.286. The van der Waals surface area contributed by atoms with E-state index in [4.69, 9.17) is 24.6 Å². The number of rotatable bonds is 11. The van der Waals surface area contributed by atoms with Gasteiger partial charge in [0.05, 0.1) is 37.5 Å². The molecule has 0 radical (unpaired) electrons. The number of benzene rings is 3. The number of nitrogens with one attached hydrogen (secondary N) is 2. The highest BCUT2D eigenvalue weighted by Gasteiger charge is 2.19. The van der Waals surface area contributed by atoms with Crippen molar-refractivity contribution in [2.45, 2.75) is 12.8 Å². The van der Waals surface area contributed by atoms with Crippen molar-refractivity contribution >= 4 is 28.2 Å². The number of aromatic nitrogens is 2. The van der Waals surface area contributed by atoms with Crippen LogP contribution in [0, 0.1) is 22.7 Å². The molecule has 1 heterocycles. The van der Waals surface area contributed by atoms with Crippen LogP contribution in [-0.4, -0.2) is 42.4 Å². The van der Waals surface area contributed by atoms with Crippen LogP contribution in [0.15, 0.2) is 54.6 Å². The molecule has 38 heavy (non-hydrogen) atoms. The Hall–Kier alpha value is -5.06. The number of ether oxygens (including phenoxy) is 3. The zero-order valence-corrected chi connectivity index (χ0v) is 21.0. The third kappa shape index (κ3) is 6.01. The Kier molecular flexibility index (Phi) is 8.39. The summed E-state index contributed by atoms with van der Waals surface area (Å²) < 4.78 is 17.5. The topological polar surface area (TPSA) is 145 Å². The van der Waals surface area contributed by atoms with Crippen molar-refractivity contribution in [3.63, 3.8) is 0 Å². The summed E-state index contributed by atoms with van der Waals surface area (Å²) in [5, 5.41) is 35.3. The summed E-state index contributed by atoms with van der Waals surface area (Å²) in [6.07, 6.45) is 1.42. The molecule has 0 atom stereocenters. The molecule has 0 amide bonds. The van der Waals surface area contributed by atoms with Gasteiger partial charge in [0.2, 0.25) is 17.6 Å². The minimum Gasteiger partial charge on any atom is -0.493 e. The molecule has 192 valence electrons. The molecule has 10 nitrogen and oxygen atoms in total. The third-order valence-corrected chi connectivity index (χ3v) is 5.64. The molecule has 0 bridgehead atoms. The summed E-state index contributed by atoms with van der Waals surface area (Å²) in [6, 6.07) is 19.8. The first-order chi connectivity index (χ1) is 18.6. The molecule has 4 aromatic rings. The molecule has 1 aromatic heterocycles. The van der Waals surface area contributed by atoms with Crippen molar-refractivity contribution in [2.75, 3.05) is 38.0 Å². The lowest BCUT2D eigenvalue weighted by Gasteiger charge is -2.17. The minimum absolute atomic E-state index is 0.114. The van der Waals surface area contributed by atoms with Crippen LogP contribution in [0.25, 0.3) is 10.8 Å². The maximum Gasteiger partial charge on any atom is 0.232 e. The van der Waals surface area contributed by atoms with Gasteiger partial charge in [0.1, 0.15) is 5.82 Å².